The van der Waals surface area contributed by atoms with Crippen molar-refractivity contribution in [2.24, 2.45) is 5.10 Å². The van der Waals surface area contributed by atoms with E-state index in [-0.39, 0.29) is 12.5 Å². The van der Waals surface area contributed by atoms with Gasteiger partial charge in [-0.05, 0) is 53.9 Å². The molecule has 0 aliphatic heterocycles. The van der Waals surface area contributed by atoms with Crippen LogP contribution in [0.25, 0.3) is 0 Å². The molecule has 0 saturated carbocycles. The van der Waals surface area contributed by atoms with E-state index in [0.717, 1.165) is 26.9 Å². The van der Waals surface area contributed by atoms with Crippen molar-refractivity contribution in [2.45, 2.75) is 13.5 Å². The number of halogens is 1. The Balaban J connectivity index is 1.46. The third-order valence-corrected chi connectivity index (χ3v) is 4.90. The normalized spacial score (nSPS) is 10.7. The van der Waals surface area contributed by atoms with Crippen LogP contribution in [-0.4, -0.2) is 18.7 Å². The molecule has 0 fully saturated rings. The van der Waals surface area contributed by atoms with Crippen molar-refractivity contribution in [3.05, 3.63) is 94.0 Å². The number of hydrogen-bond donors (Lipinski definition) is 1. The minimum absolute atomic E-state index is 0.112. The zero-order chi connectivity index (χ0) is 20.5. The Bertz CT molecular complexity index is 990. The molecule has 0 aliphatic carbocycles. The summed E-state index contributed by atoms with van der Waals surface area (Å²) in [6, 6.07) is 23.0. The molecule has 5 nitrogen and oxygen atoms in total. The highest BCUT2D eigenvalue weighted by Crippen LogP contribution is 2.21. The summed E-state index contributed by atoms with van der Waals surface area (Å²) in [7, 11) is 0. The van der Waals surface area contributed by atoms with Gasteiger partial charge in [0, 0.05) is 4.47 Å². The Kier molecular flexibility index (Phi) is 7.41. The molecule has 29 heavy (non-hydrogen) atoms. The Morgan fingerprint density at radius 2 is 1.79 bits per heavy atom. The predicted octanol–water partition coefficient (Wildman–Crippen LogP) is 4.87. The summed E-state index contributed by atoms with van der Waals surface area (Å²) in [6.45, 7) is 2.34. The van der Waals surface area contributed by atoms with E-state index in [1.165, 1.54) is 0 Å². The van der Waals surface area contributed by atoms with E-state index in [2.05, 4.69) is 26.5 Å². The molecule has 3 rings (SSSR count). The molecule has 0 radical (unpaired) electrons. The standard InChI is InChI=1S/C23H21BrN2O3/c1-17-12-21(10-11-22(17)24)29-16-23(27)26-25-14-19-8-5-9-20(13-19)28-15-18-6-3-2-4-7-18/h2-14H,15-16H2,1H3,(H,26,27). The quantitative estimate of drug-likeness (QED) is 0.391. The molecule has 0 unspecified atom stereocenters. The largest absolute Gasteiger partial charge is 0.489 e. The molecule has 1 N–H and O–H groups in total. The summed E-state index contributed by atoms with van der Waals surface area (Å²) in [5.41, 5.74) is 5.41. The highest BCUT2D eigenvalue weighted by Gasteiger charge is 2.03. The fourth-order valence-corrected chi connectivity index (χ4v) is 2.74. The van der Waals surface area contributed by atoms with Crippen molar-refractivity contribution in [3.8, 4) is 11.5 Å². The molecule has 0 bridgehead atoms. The molecule has 3 aromatic carbocycles. The zero-order valence-corrected chi connectivity index (χ0v) is 17.6. The van der Waals surface area contributed by atoms with Crippen molar-refractivity contribution < 1.29 is 14.3 Å². The van der Waals surface area contributed by atoms with Gasteiger partial charge in [-0.3, -0.25) is 4.79 Å². The fraction of sp³-hybridized carbons (Fsp3) is 0.130. The first kappa shape index (κ1) is 20.6. The van der Waals surface area contributed by atoms with E-state index in [1.54, 1.807) is 12.3 Å². The number of hydrazone groups is 1. The van der Waals surface area contributed by atoms with Gasteiger partial charge >= 0.3 is 0 Å². The molecule has 6 heteroatoms. The molecule has 148 valence electrons. The van der Waals surface area contributed by atoms with Gasteiger partial charge in [0.05, 0.1) is 6.21 Å². The summed E-state index contributed by atoms with van der Waals surface area (Å²) < 4.78 is 12.3. The number of benzene rings is 3. The lowest BCUT2D eigenvalue weighted by molar-refractivity contribution is -0.123. The van der Waals surface area contributed by atoms with Crippen molar-refractivity contribution in [1.29, 1.82) is 0 Å². The SMILES string of the molecule is Cc1cc(OCC(=O)NN=Cc2cccc(OCc3ccccc3)c2)ccc1Br. The average molecular weight is 453 g/mol. The molecular weight excluding hydrogens is 432 g/mol. The number of rotatable bonds is 8. The van der Waals surface area contributed by atoms with Gasteiger partial charge in [-0.15, -0.1) is 0 Å². The predicted molar refractivity (Wildman–Crippen MR) is 117 cm³/mol. The molecule has 3 aromatic rings. The van der Waals surface area contributed by atoms with Crippen LogP contribution in [-0.2, 0) is 11.4 Å². The van der Waals surface area contributed by atoms with E-state index in [9.17, 15) is 4.79 Å². The van der Waals surface area contributed by atoms with E-state index < -0.39 is 0 Å². The van der Waals surface area contributed by atoms with Crippen LogP contribution in [0.3, 0.4) is 0 Å². The zero-order valence-electron chi connectivity index (χ0n) is 16.0. The van der Waals surface area contributed by atoms with Crippen LogP contribution in [0.15, 0.2) is 82.4 Å². The first-order valence-corrected chi connectivity index (χ1v) is 9.87. The molecule has 0 saturated heterocycles. The third-order valence-electron chi connectivity index (χ3n) is 4.01. The lowest BCUT2D eigenvalue weighted by Gasteiger charge is -2.07. The second-order valence-electron chi connectivity index (χ2n) is 6.34. The van der Waals surface area contributed by atoms with Gasteiger partial charge in [0.15, 0.2) is 6.61 Å². The van der Waals surface area contributed by atoms with Gasteiger partial charge < -0.3 is 9.47 Å². The number of carbonyl (C=O) groups excluding carboxylic acids is 1. The van der Waals surface area contributed by atoms with E-state index in [1.807, 2.05) is 73.7 Å². The van der Waals surface area contributed by atoms with Crippen molar-refractivity contribution in [2.75, 3.05) is 6.61 Å². The summed E-state index contributed by atoms with van der Waals surface area (Å²) in [6.07, 6.45) is 1.57. The maximum atomic E-state index is 11.9. The maximum Gasteiger partial charge on any atom is 0.277 e. The molecule has 1 amide bonds. The van der Waals surface area contributed by atoms with Crippen LogP contribution in [0.4, 0.5) is 0 Å². The second kappa shape index (κ2) is 10.4. The van der Waals surface area contributed by atoms with Gasteiger partial charge in [-0.25, -0.2) is 5.43 Å². The van der Waals surface area contributed by atoms with Gasteiger partial charge in [0.2, 0.25) is 0 Å². The first-order valence-electron chi connectivity index (χ1n) is 9.08. The van der Waals surface area contributed by atoms with Gasteiger partial charge in [-0.2, -0.15) is 5.10 Å². The van der Waals surface area contributed by atoms with Crippen LogP contribution >= 0.6 is 15.9 Å². The monoisotopic (exact) mass is 452 g/mol. The number of ether oxygens (including phenoxy) is 2. The first-order chi connectivity index (χ1) is 14.1. The van der Waals surface area contributed by atoms with Crippen molar-refractivity contribution in [3.63, 3.8) is 0 Å². The second-order valence-corrected chi connectivity index (χ2v) is 7.19. The van der Waals surface area contributed by atoms with E-state index in [4.69, 9.17) is 9.47 Å². The Morgan fingerprint density at radius 1 is 1.00 bits per heavy atom. The van der Waals surface area contributed by atoms with Crippen LogP contribution in [0.5, 0.6) is 11.5 Å². The number of amides is 1. The molecule has 0 aromatic heterocycles. The summed E-state index contributed by atoms with van der Waals surface area (Å²) in [5.74, 6) is 1.03. The summed E-state index contributed by atoms with van der Waals surface area (Å²) in [5, 5.41) is 3.98. The smallest absolute Gasteiger partial charge is 0.277 e. The Labute approximate surface area is 178 Å². The number of nitrogens with zero attached hydrogens (tertiary/aromatic N) is 1. The molecular formula is C23H21BrN2O3. The van der Waals surface area contributed by atoms with Crippen molar-refractivity contribution >= 4 is 28.1 Å². The van der Waals surface area contributed by atoms with Crippen LogP contribution in [0.2, 0.25) is 0 Å². The van der Waals surface area contributed by atoms with E-state index in [0.29, 0.717) is 12.4 Å². The number of hydrogen-bond acceptors (Lipinski definition) is 4. The fourth-order valence-electron chi connectivity index (χ4n) is 2.49. The lowest BCUT2D eigenvalue weighted by atomic mass is 10.2. The van der Waals surface area contributed by atoms with Gasteiger partial charge in [0.25, 0.3) is 5.91 Å². The molecule has 0 spiro atoms. The Hall–Kier alpha value is -3.12. The highest BCUT2D eigenvalue weighted by atomic mass is 79.9. The topological polar surface area (TPSA) is 59.9 Å². The summed E-state index contributed by atoms with van der Waals surface area (Å²) in [4.78, 5) is 11.9. The minimum Gasteiger partial charge on any atom is -0.489 e. The number of aryl methyl sites for hydroxylation is 1. The summed E-state index contributed by atoms with van der Waals surface area (Å²) >= 11 is 3.43. The average Bonchev–Trinajstić information content (AvgIpc) is 2.74. The minimum atomic E-state index is -0.335. The third kappa shape index (κ3) is 6.76. The lowest BCUT2D eigenvalue weighted by Crippen LogP contribution is -2.24. The maximum absolute atomic E-state index is 11.9. The van der Waals surface area contributed by atoms with E-state index >= 15 is 0 Å². The van der Waals surface area contributed by atoms with Crippen LogP contribution in [0, 0.1) is 6.92 Å². The van der Waals surface area contributed by atoms with Crippen molar-refractivity contribution in [1.82, 2.24) is 5.43 Å². The Morgan fingerprint density at radius 3 is 2.59 bits per heavy atom. The molecule has 0 aliphatic rings. The number of carbonyl (C=O) groups is 1. The molecule has 0 heterocycles. The number of nitrogens with one attached hydrogen (secondary N) is 1. The van der Waals surface area contributed by atoms with Crippen LogP contribution < -0.4 is 14.9 Å². The van der Waals surface area contributed by atoms with Gasteiger partial charge in [-0.1, -0.05) is 58.4 Å². The van der Waals surface area contributed by atoms with Gasteiger partial charge in [0.1, 0.15) is 18.1 Å². The van der Waals surface area contributed by atoms with Crippen LogP contribution in [0.1, 0.15) is 16.7 Å². The highest BCUT2D eigenvalue weighted by molar-refractivity contribution is 9.10. The molecule has 0 atom stereocenters.